The van der Waals surface area contributed by atoms with Crippen LogP contribution in [-0.4, -0.2) is 40.2 Å². The third-order valence-corrected chi connectivity index (χ3v) is 2.83. The largest absolute Gasteiger partial charge is 0.465 e. The molecule has 18 heavy (non-hydrogen) atoms. The molecular weight excluding hydrogens is 240 g/mol. The van der Waals surface area contributed by atoms with Gasteiger partial charge >= 0.3 is 11.8 Å². The van der Waals surface area contributed by atoms with E-state index in [-0.39, 0.29) is 11.7 Å². The fourth-order valence-corrected chi connectivity index (χ4v) is 2.06. The number of hydrogen-bond donors (Lipinski definition) is 2. The number of aromatic nitrogens is 1. The number of nitrogens with zero attached hydrogens (tertiary/aromatic N) is 3. The summed E-state index contributed by atoms with van der Waals surface area (Å²) in [7, 11) is 0. The van der Waals surface area contributed by atoms with Gasteiger partial charge in [0.1, 0.15) is 11.9 Å². The summed E-state index contributed by atoms with van der Waals surface area (Å²) in [6.07, 6.45) is 2.24. The molecule has 0 aromatic carbocycles. The average molecular weight is 252 g/mol. The molecule has 0 unspecified atom stereocenters. The Morgan fingerprint density at radius 1 is 1.67 bits per heavy atom. The van der Waals surface area contributed by atoms with Gasteiger partial charge in [0.15, 0.2) is 0 Å². The number of carboxylic acid groups (broad SMARTS) is 1. The van der Waals surface area contributed by atoms with Gasteiger partial charge in [-0.15, -0.1) is 0 Å². The summed E-state index contributed by atoms with van der Waals surface area (Å²) >= 11 is 0. The molecule has 0 saturated carbocycles. The van der Waals surface area contributed by atoms with Crippen molar-refractivity contribution < 1.29 is 14.8 Å². The van der Waals surface area contributed by atoms with Gasteiger partial charge in [0.05, 0.1) is 11.0 Å². The van der Waals surface area contributed by atoms with Crippen LogP contribution in [0.1, 0.15) is 6.42 Å². The number of anilines is 1. The third kappa shape index (κ3) is 2.47. The molecule has 1 aliphatic rings. The summed E-state index contributed by atoms with van der Waals surface area (Å²) in [4.78, 5) is 26.4. The lowest BCUT2D eigenvalue weighted by atomic mass is 10.3. The zero-order valence-electron chi connectivity index (χ0n) is 9.44. The molecule has 2 heterocycles. The van der Waals surface area contributed by atoms with E-state index in [1.54, 1.807) is 11.0 Å². The molecule has 2 rings (SSSR count). The fourth-order valence-electron chi connectivity index (χ4n) is 2.06. The molecule has 1 atom stereocenters. The van der Waals surface area contributed by atoms with Crippen molar-refractivity contribution in [3.8, 4) is 0 Å². The lowest BCUT2D eigenvalue weighted by Gasteiger charge is -2.18. The highest BCUT2D eigenvalue weighted by molar-refractivity contribution is 5.66. The highest BCUT2D eigenvalue weighted by Crippen LogP contribution is 2.29. The van der Waals surface area contributed by atoms with Crippen molar-refractivity contribution in [3.05, 3.63) is 28.6 Å². The second-order valence-corrected chi connectivity index (χ2v) is 4.00. The number of rotatable bonds is 3. The Labute approximate surface area is 102 Å². The third-order valence-electron chi connectivity index (χ3n) is 2.83. The summed E-state index contributed by atoms with van der Waals surface area (Å²) in [5.41, 5.74) is 0.415. The molecule has 8 heteroatoms. The predicted molar refractivity (Wildman–Crippen MR) is 62.7 cm³/mol. The first-order chi connectivity index (χ1) is 8.58. The number of nitrogens with one attached hydrogen (secondary N) is 1. The molecule has 1 aromatic rings. The van der Waals surface area contributed by atoms with E-state index < -0.39 is 11.0 Å². The summed E-state index contributed by atoms with van der Waals surface area (Å²) in [6, 6.07) is 1.37. The van der Waals surface area contributed by atoms with Crippen molar-refractivity contribution in [2.75, 3.05) is 18.0 Å². The number of hydrogen-bond acceptors (Lipinski definition) is 5. The molecule has 1 aliphatic heterocycles. The lowest BCUT2D eigenvalue weighted by Crippen LogP contribution is -2.36. The van der Waals surface area contributed by atoms with Gasteiger partial charge in [-0.1, -0.05) is 0 Å². The highest BCUT2D eigenvalue weighted by atomic mass is 16.6. The maximum Gasteiger partial charge on any atom is 0.404 e. The zero-order valence-corrected chi connectivity index (χ0v) is 9.44. The molecule has 1 amide bonds. The van der Waals surface area contributed by atoms with E-state index in [9.17, 15) is 14.9 Å². The maximum atomic E-state index is 10.9. The molecule has 2 N–H and O–H groups in total. The summed E-state index contributed by atoms with van der Waals surface area (Å²) in [5.74, 6) is 0. The van der Waals surface area contributed by atoms with E-state index >= 15 is 0 Å². The highest BCUT2D eigenvalue weighted by Gasteiger charge is 2.28. The van der Waals surface area contributed by atoms with Crippen LogP contribution in [0.25, 0.3) is 0 Å². The van der Waals surface area contributed by atoms with Crippen LogP contribution in [0.2, 0.25) is 0 Å². The van der Waals surface area contributed by atoms with Crippen LogP contribution in [0.4, 0.5) is 16.2 Å². The van der Waals surface area contributed by atoms with Crippen molar-refractivity contribution in [2.45, 2.75) is 12.5 Å². The minimum atomic E-state index is -1.08. The second kappa shape index (κ2) is 4.86. The van der Waals surface area contributed by atoms with Gasteiger partial charge in [0.2, 0.25) is 0 Å². The first kappa shape index (κ1) is 12.1. The van der Waals surface area contributed by atoms with Crippen LogP contribution in [0.15, 0.2) is 18.5 Å². The van der Waals surface area contributed by atoms with Gasteiger partial charge in [-0.3, -0.25) is 15.1 Å². The summed E-state index contributed by atoms with van der Waals surface area (Å²) < 4.78 is 0. The first-order valence-corrected chi connectivity index (χ1v) is 5.40. The molecule has 1 fully saturated rings. The molecule has 0 spiro atoms. The minimum Gasteiger partial charge on any atom is -0.465 e. The molecule has 1 aromatic heterocycles. The van der Waals surface area contributed by atoms with Crippen LogP contribution >= 0.6 is 0 Å². The molecule has 8 nitrogen and oxygen atoms in total. The van der Waals surface area contributed by atoms with Crippen LogP contribution in [0, 0.1) is 10.1 Å². The van der Waals surface area contributed by atoms with E-state index in [4.69, 9.17) is 5.11 Å². The van der Waals surface area contributed by atoms with Gasteiger partial charge < -0.3 is 15.3 Å². The van der Waals surface area contributed by atoms with E-state index in [1.165, 1.54) is 12.4 Å². The Kier molecular flexibility index (Phi) is 3.26. The van der Waals surface area contributed by atoms with Crippen molar-refractivity contribution in [1.29, 1.82) is 0 Å². The molecule has 0 radical (unpaired) electrons. The summed E-state index contributed by atoms with van der Waals surface area (Å²) in [6.45, 7) is 1.01. The van der Waals surface area contributed by atoms with Gasteiger partial charge in [-0.05, 0) is 12.5 Å². The number of nitro groups is 1. The van der Waals surface area contributed by atoms with Crippen LogP contribution in [0.5, 0.6) is 0 Å². The second-order valence-electron chi connectivity index (χ2n) is 4.00. The van der Waals surface area contributed by atoms with Crippen molar-refractivity contribution in [3.63, 3.8) is 0 Å². The number of pyridine rings is 1. The topological polar surface area (TPSA) is 109 Å². The SMILES string of the molecule is O=C(O)N[C@H]1CCN(c2ccncc2[N+](=O)[O-])C1. The zero-order chi connectivity index (χ0) is 13.1. The van der Waals surface area contributed by atoms with Gasteiger partial charge in [0.25, 0.3) is 0 Å². The summed E-state index contributed by atoms with van der Waals surface area (Å²) in [5, 5.41) is 21.9. The van der Waals surface area contributed by atoms with Crippen LogP contribution in [-0.2, 0) is 0 Å². The van der Waals surface area contributed by atoms with E-state index in [0.717, 1.165) is 0 Å². The van der Waals surface area contributed by atoms with Crippen molar-refractivity contribution in [1.82, 2.24) is 10.3 Å². The van der Waals surface area contributed by atoms with Gasteiger partial charge in [-0.25, -0.2) is 4.79 Å². The lowest BCUT2D eigenvalue weighted by molar-refractivity contribution is -0.384. The predicted octanol–water partition coefficient (Wildman–Crippen LogP) is 0.836. The normalized spacial score (nSPS) is 18.7. The molecule has 1 saturated heterocycles. The Morgan fingerprint density at radius 3 is 3.11 bits per heavy atom. The number of amides is 1. The van der Waals surface area contributed by atoms with Gasteiger partial charge in [0, 0.05) is 19.3 Å². The Balaban J connectivity index is 2.14. The smallest absolute Gasteiger partial charge is 0.404 e. The van der Waals surface area contributed by atoms with E-state index in [0.29, 0.717) is 25.2 Å². The Bertz CT molecular complexity index is 479. The van der Waals surface area contributed by atoms with Crippen LogP contribution < -0.4 is 10.2 Å². The molecular formula is C10H12N4O4. The van der Waals surface area contributed by atoms with Crippen molar-refractivity contribution in [2.24, 2.45) is 0 Å². The van der Waals surface area contributed by atoms with Crippen molar-refractivity contribution >= 4 is 17.5 Å². The monoisotopic (exact) mass is 252 g/mol. The van der Waals surface area contributed by atoms with E-state index in [1.807, 2.05) is 0 Å². The molecule has 0 aliphatic carbocycles. The van der Waals surface area contributed by atoms with E-state index in [2.05, 4.69) is 10.3 Å². The number of carbonyl (C=O) groups is 1. The minimum absolute atomic E-state index is 0.0616. The average Bonchev–Trinajstić information content (AvgIpc) is 2.76. The maximum absolute atomic E-state index is 10.9. The quantitative estimate of drug-likeness (QED) is 0.609. The van der Waals surface area contributed by atoms with Crippen LogP contribution in [0.3, 0.4) is 0 Å². The Morgan fingerprint density at radius 2 is 2.44 bits per heavy atom. The van der Waals surface area contributed by atoms with Gasteiger partial charge in [-0.2, -0.15) is 0 Å². The molecule has 0 bridgehead atoms. The first-order valence-electron chi connectivity index (χ1n) is 5.40. The molecule has 96 valence electrons. The standard InChI is InChI=1S/C10H12N4O4/c15-10(16)12-7-2-4-13(6-7)8-1-3-11-5-9(8)14(17)18/h1,3,5,7,12H,2,4,6H2,(H,15,16)/t7-/m0/s1. The Hall–Kier alpha value is -2.38. The fraction of sp³-hybridized carbons (Fsp3) is 0.400.